The average Bonchev–Trinajstić information content (AvgIpc) is 3.28. The summed E-state index contributed by atoms with van der Waals surface area (Å²) in [5, 5.41) is 8.35. The van der Waals surface area contributed by atoms with Crippen LogP contribution in [0.15, 0.2) is 30.6 Å². The fraction of sp³-hybridized carbons (Fsp3) is 0.421. The Morgan fingerprint density at radius 1 is 1.33 bits per heavy atom. The number of methoxy groups -OCH3 is 1. The molecule has 0 aliphatic carbocycles. The van der Waals surface area contributed by atoms with Crippen molar-refractivity contribution in [2.45, 2.75) is 25.6 Å². The molecular formula is C19H22FN5O2. The van der Waals surface area contributed by atoms with Gasteiger partial charge in [0.2, 0.25) is 0 Å². The number of hydrogen-bond acceptors (Lipinski definition) is 6. The smallest absolute Gasteiger partial charge is 0.132 e. The minimum Gasteiger partial charge on any atom is -0.488 e. The number of nitrogens with one attached hydrogen (secondary N) is 1. The van der Waals surface area contributed by atoms with Gasteiger partial charge in [0.15, 0.2) is 0 Å². The second kappa shape index (κ2) is 7.48. The lowest BCUT2D eigenvalue weighted by Crippen LogP contribution is -2.21. The summed E-state index contributed by atoms with van der Waals surface area (Å²) in [6.07, 6.45) is 1.17. The summed E-state index contributed by atoms with van der Waals surface area (Å²) in [6.45, 7) is 3.49. The number of halogens is 1. The van der Waals surface area contributed by atoms with Gasteiger partial charge in [-0.15, -0.1) is 0 Å². The van der Waals surface area contributed by atoms with Gasteiger partial charge in [0.25, 0.3) is 0 Å². The number of benzene rings is 1. The van der Waals surface area contributed by atoms with Gasteiger partial charge in [0.1, 0.15) is 35.9 Å². The van der Waals surface area contributed by atoms with Crippen LogP contribution < -0.4 is 9.64 Å². The monoisotopic (exact) mass is 371 g/mol. The van der Waals surface area contributed by atoms with Crippen molar-refractivity contribution >= 4 is 16.7 Å². The van der Waals surface area contributed by atoms with Crippen molar-refractivity contribution in [3.05, 3.63) is 30.6 Å². The molecule has 2 atom stereocenters. The van der Waals surface area contributed by atoms with Crippen LogP contribution in [0.5, 0.6) is 5.75 Å². The van der Waals surface area contributed by atoms with E-state index in [0.717, 1.165) is 28.2 Å². The summed E-state index contributed by atoms with van der Waals surface area (Å²) in [7, 11) is 1.65. The zero-order valence-corrected chi connectivity index (χ0v) is 15.4. The lowest BCUT2D eigenvalue weighted by Gasteiger charge is -2.16. The van der Waals surface area contributed by atoms with Gasteiger partial charge < -0.3 is 14.4 Å². The maximum absolute atomic E-state index is 13.5. The number of H-pyrrole nitrogens is 1. The van der Waals surface area contributed by atoms with E-state index < -0.39 is 6.17 Å². The number of alkyl halides is 1. The number of hydrogen-bond donors (Lipinski definition) is 1. The summed E-state index contributed by atoms with van der Waals surface area (Å²) < 4.78 is 24.5. The first-order valence-electron chi connectivity index (χ1n) is 8.99. The van der Waals surface area contributed by atoms with E-state index in [4.69, 9.17) is 9.47 Å². The quantitative estimate of drug-likeness (QED) is 0.718. The van der Waals surface area contributed by atoms with E-state index in [-0.39, 0.29) is 6.10 Å². The summed E-state index contributed by atoms with van der Waals surface area (Å²) in [6, 6.07) is 7.62. The molecule has 2 aromatic heterocycles. The van der Waals surface area contributed by atoms with Crippen molar-refractivity contribution in [1.82, 2.24) is 20.2 Å². The lowest BCUT2D eigenvalue weighted by molar-refractivity contribution is 0.0922. The molecule has 8 heteroatoms. The molecule has 0 amide bonds. The SMILES string of the molecule is COCC(C)Oc1ccc2[nH]nc(-c3cc(N4CCC(F)C4)ncn3)c2c1. The molecule has 27 heavy (non-hydrogen) atoms. The highest BCUT2D eigenvalue weighted by molar-refractivity contribution is 5.93. The molecule has 142 valence electrons. The number of anilines is 1. The maximum atomic E-state index is 13.5. The van der Waals surface area contributed by atoms with E-state index in [1.165, 1.54) is 6.33 Å². The molecule has 0 spiro atoms. The van der Waals surface area contributed by atoms with Crippen LogP contribution in [0, 0.1) is 0 Å². The molecule has 1 aromatic carbocycles. The van der Waals surface area contributed by atoms with Gasteiger partial charge in [-0.25, -0.2) is 14.4 Å². The third-order valence-corrected chi connectivity index (χ3v) is 4.62. The summed E-state index contributed by atoms with van der Waals surface area (Å²) in [5.74, 6) is 1.46. The molecule has 1 fully saturated rings. The first kappa shape index (κ1) is 17.7. The molecular weight excluding hydrogens is 349 g/mol. The van der Waals surface area contributed by atoms with Crippen LogP contribution in [0.1, 0.15) is 13.3 Å². The second-order valence-corrected chi connectivity index (χ2v) is 6.76. The Labute approximate surface area is 156 Å². The molecule has 3 heterocycles. The predicted octanol–water partition coefficient (Wildman–Crippen LogP) is 2.98. The molecule has 1 saturated heterocycles. The second-order valence-electron chi connectivity index (χ2n) is 6.76. The van der Waals surface area contributed by atoms with Gasteiger partial charge in [-0.2, -0.15) is 5.10 Å². The van der Waals surface area contributed by atoms with Gasteiger partial charge >= 0.3 is 0 Å². The van der Waals surface area contributed by atoms with Crippen molar-refractivity contribution in [3.8, 4) is 17.1 Å². The van der Waals surface area contributed by atoms with Gasteiger partial charge in [-0.1, -0.05) is 0 Å². The van der Waals surface area contributed by atoms with E-state index in [0.29, 0.717) is 31.8 Å². The predicted molar refractivity (Wildman–Crippen MR) is 101 cm³/mol. The highest BCUT2D eigenvalue weighted by Gasteiger charge is 2.23. The molecule has 0 radical (unpaired) electrons. The van der Waals surface area contributed by atoms with Crippen molar-refractivity contribution < 1.29 is 13.9 Å². The van der Waals surface area contributed by atoms with Crippen LogP contribution in [-0.2, 0) is 4.74 Å². The van der Waals surface area contributed by atoms with Crippen LogP contribution in [-0.4, -0.2) is 59.2 Å². The van der Waals surface area contributed by atoms with Gasteiger partial charge in [0.05, 0.1) is 24.4 Å². The fourth-order valence-corrected chi connectivity index (χ4v) is 3.34. The van der Waals surface area contributed by atoms with E-state index in [1.54, 1.807) is 7.11 Å². The Balaban J connectivity index is 1.65. The lowest BCUT2D eigenvalue weighted by atomic mass is 10.1. The largest absolute Gasteiger partial charge is 0.488 e. The molecule has 3 aromatic rings. The zero-order valence-electron chi connectivity index (χ0n) is 15.4. The molecule has 1 aliphatic heterocycles. The molecule has 1 N–H and O–H groups in total. The molecule has 4 rings (SSSR count). The highest BCUT2D eigenvalue weighted by atomic mass is 19.1. The van der Waals surface area contributed by atoms with Crippen molar-refractivity contribution in [3.63, 3.8) is 0 Å². The fourth-order valence-electron chi connectivity index (χ4n) is 3.34. The van der Waals surface area contributed by atoms with E-state index >= 15 is 0 Å². The normalized spacial score (nSPS) is 18.2. The summed E-state index contributed by atoms with van der Waals surface area (Å²) in [4.78, 5) is 10.6. The molecule has 2 unspecified atom stereocenters. The Morgan fingerprint density at radius 3 is 3.00 bits per heavy atom. The minimum atomic E-state index is -0.802. The number of rotatable bonds is 6. The number of aromatic nitrogens is 4. The first-order chi connectivity index (χ1) is 13.1. The average molecular weight is 371 g/mol. The van der Waals surface area contributed by atoms with Crippen molar-refractivity contribution in [1.29, 1.82) is 0 Å². The Morgan fingerprint density at radius 2 is 2.22 bits per heavy atom. The minimum absolute atomic E-state index is 0.0581. The van der Waals surface area contributed by atoms with Crippen LogP contribution >= 0.6 is 0 Å². The standard InChI is InChI=1S/C19H22FN5O2/c1-12(10-26-2)27-14-3-4-16-15(7-14)19(24-23-16)17-8-18(22-11-21-17)25-6-5-13(20)9-25/h3-4,7-8,11-13H,5-6,9-10H2,1-2H3,(H,23,24). The topological polar surface area (TPSA) is 76.2 Å². The zero-order chi connectivity index (χ0) is 18.8. The Kier molecular flexibility index (Phi) is 4.89. The van der Waals surface area contributed by atoms with E-state index in [9.17, 15) is 4.39 Å². The molecule has 0 saturated carbocycles. The van der Waals surface area contributed by atoms with Crippen LogP contribution in [0.25, 0.3) is 22.3 Å². The van der Waals surface area contributed by atoms with E-state index in [1.807, 2.05) is 36.1 Å². The Hall–Kier alpha value is -2.74. The first-order valence-corrected chi connectivity index (χ1v) is 8.99. The number of fused-ring (bicyclic) bond motifs is 1. The summed E-state index contributed by atoms with van der Waals surface area (Å²) in [5.41, 5.74) is 2.30. The van der Waals surface area contributed by atoms with Crippen LogP contribution in [0.4, 0.5) is 10.2 Å². The highest BCUT2D eigenvalue weighted by Crippen LogP contribution is 2.30. The number of ether oxygens (including phenoxy) is 2. The number of nitrogens with zero attached hydrogens (tertiary/aromatic N) is 4. The molecule has 1 aliphatic rings. The Bertz CT molecular complexity index is 931. The van der Waals surface area contributed by atoms with Crippen molar-refractivity contribution in [2.24, 2.45) is 0 Å². The van der Waals surface area contributed by atoms with E-state index in [2.05, 4.69) is 20.2 Å². The van der Waals surface area contributed by atoms with Crippen molar-refractivity contribution in [2.75, 3.05) is 31.7 Å². The van der Waals surface area contributed by atoms with Gasteiger partial charge in [-0.3, -0.25) is 5.10 Å². The number of aromatic amines is 1. The van der Waals surface area contributed by atoms with Gasteiger partial charge in [-0.05, 0) is 31.5 Å². The van der Waals surface area contributed by atoms with Crippen LogP contribution in [0.3, 0.4) is 0 Å². The molecule has 7 nitrogen and oxygen atoms in total. The summed E-state index contributed by atoms with van der Waals surface area (Å²) >= 11 is 0. The molecule has 0 bridgehead atoms. The third kappa shape index (κ3) is 3.71. The van der Waals surface area contributed by atoms with Gasteiger partial charge in [0, 0.05) is 25.1 Å². The third-order valence-electron chi connectivity index (χ3n) is 4.62. The van der Waals surface area contributed by atoms with Crippen LogP contribution in [0.2, 0.25) is 0 Å². The maximum Gasteiger partial charge on any atom is 0.132 e.